The molecule has 2 aromatic carbocycles. The summed E-state index contributed by atoms with van der Waals surface area (Å²) in [5.41, 5.74) is 1.82. The van der Waals surface area contributed by atoms with Crippen molar-refractivity contribution in [3.05, 3.63) is 47.5 Å². The second-order valence-corrected chi connectivity index (χ2v) is 7.21. The van der Waals surface area contributed by atoms with Crippen LogP contribution in [-0.2, 0) is 6.54 Å². The molecule has 1 N–H and O–H groups in total. The molecule has 1 amide bonds. The fourth-order valence-electron chi connectivity index (χ4n) is 3.75. The third-order valence-corrected chi connectivity index (χ3v) is 5.36. The van der Waals surface area contributed by atoms with Crippen molar-refractivity contribution in [3.8, 4) is 23.0 Å². The van der Waals surface area contributed by atoms with Crippen molar-refractivity contribution in [3.63, 3.8) is 0 Å². The van der Waals surface area contributed by atoms with Gasteiger partial charge in [-0.25, -0.2) is 0 Å². The summed E-state index contributed by atoms with van der Waals surface area (Å²) in [6.45, 7) is 6.83. The second kappa shape index (κ2) is 10.2. The Morgan fingerprint density at radius 2 is 1.57 bits per heavy atom. The van der Waals surface area contributed by atoms with Crippen LogP contribution in [0.2, 0.25) is 0 Å². The summed E-state index contributed by atoms with van der Waals surface area (Å²) in [4.78, 5) is 16.4. The molecule has 0 aromatic heterocycles. The van der Waals surface area contributed by atoms with Crippen LogP contribution in [-0.4, -0.2) is 64.9 Å². The first-order chi connectivity index (χ1) is 14.6. The van der Waals surface area contributed by atoms with Gasteiger partial charge in [0.15, 0.2) is 11.5 Å². The van der Waals surface area contributed by atoms with Crippen LogP contribution in [0.5, 0.6) is 23.0 Å². The smallest absolute Gasteiger partial charge is 0.254 e. The predicted molar refractivity (Wildman–Crippen MR) is 114 cm³/mol. The van der Waals surface area contributed by atoms with E-state index in [1.165, 1.54) is 10.5 Å². The Labute approximate surface area is 178 Å². The van der Waals surface area contributed by atoms with Gasteiger partial charge in [0.2, 0.25) is 5.75 Å². The van der Waals surface area contributed by atoms with Gasteiger partial charge in [-0.3, -0.25) is 4.79 Å². The van der Waals surface area contributed by atoms with E-state index in [0.717, 1.165) is 25.4 Å². The topological polar surface area (TPSA) is 61.7 Å². The number of benzene rings is 2. The average molecular weight is 416 g/mol. The number of rotatable bonds is 8. The van der Waals surface area contributed by atoms with E-state index in [-0.39, 0.29) is 5.91 Å². The molecule has 0 spiro atoms. The van der Waals surface area contributed by atoms with E-state index < -0.39 is 0 Å². The maximum Gasteiger partial charge on any atom is 0.254 e. The molecule has 1 fully saturated rings. The Hall–Kier alpha value is -2.93. The fraction of sp³-hybridized carbons (Fsp3) is 0.435. The Morgan fingerprint density at radius 1 is 0.967 bits per heavy atom. The number of piperazine rings is 1. The normalized spacial score (nSPS) is 14.3. The quantitative estimate of drug-likeness (QED) is 0.711. The molecule has 1 aliphatic heterocycles. The molecule has 7 heteroatoms. The molecule has 0 aliphatic carbocycles. The minimum atomic E-state index is -0.0191. The van der Waals surface area contributed by atoms with Crippen molar-refractivity contribution in [2.75, 3.05) is 54.1 Å². The van der Waals surface area contributed by atoms with Crippen molar-refractivity contribution in [1.29, 1.82) is 0 Å². The number of ether oxygens (including phenoxy) is 4. The number of methoxy groups -OCH3 is 3. The molecule has 162 valence electrons. The molecule has 0 unspecified atom stereocenters. The van der Waals surface area contributed by atoms with Crippen molar-refractivity contribution < 1.29 is 28.6 Å². The van der Waals surface area contributed by atoms with Crippen LogP contribution in [0.4, 0.5) is 0 Å². The molecule has 0 radical (unpaired) electrons. The number of carbonyl (C=O) groups excluding carboxylic acids is 1. The molecule has 0 saturated carbocycles. The molecule has 1 aliphatic rings. The molecule has 1 heterocycles. The van der Waals surface area contributed by atoms with Crippen molar-refractivity contribution in [1.82, 2.24) is 4.90 Å². The third-order valence-electron chi connectivity index (χ3n) is 5.36. The summed E-state index contributed by atoms with van der Waals surface area (Å²) >= 11 is 0. The predicted octanol–water partition coefficient (Wildman–Crippen LogP) is 1.65. The Bertz CT molecular complexity index is 820. The van der Waals surface area contributed by atoms with Crippen molar-refractivity contribution >= 4 is 5.91 Å². The van der Waals surface area contributed by atoms with Crippen LogP contribution < -0.4 is 23.8 Å². The number of nitrogens with one attached hydrogen (secondary N) is 1. The highest BCUT2D eigenvalue weighted by Gasteiger charge is 2.26. The van der Waals surface area contributed by atoms with Gasteiger partial charge >= 0.3 is 0 Å². The summed E-state index contributed by atoms with van der Waals surface area (Å²) in [7, 11) is 4.65. The number of carbonyl (C=O) groups is 1. The standard InChI is InChI=1S/C23H30N2O5/c1-5-30-19-8-6-17(7-9-19)16-24-10-12-25(13-11-24)23(26)18-14-20(27-2)22(29-4)21(15-18)28-3/h6-9,14-15H,5,10-13,16H2,1-4H3/p+1. The fourth-order valence-corrected chi connectivity index (χ4v) is 3.75. The highest BCUT2D eigenvalue weighted by atomic mass is 16.5. The molecule has 1 saturated heterocycles. The van der Waals surface area contributed by atoms with Gasteiger partial charge < -0.3 is 28.7 Å². The van der Waals surface area contributed by atoms with Gasteiger partial charge in [-0.1, -0.05) is 0 Å². The zero-order chi connectivity index (χ0) is 21.5. The molecule has 0 bridgehead atoms. The second-order valence-electron chi connectivity index (χ2n) is 7.21. The average Bonchev–Trinajstić information content (AvgIpc) is 2.79. The molecular weight excluding hydrogens is 384 g/mol. The first kappa shape index (κ1) is 21.8. The van der Waals surface area contributed by atoms with Gasteiger partial charge in [0.25, 0.3) is 5.91 Å². The van der Waals surface area contributed by atoms with Crippen LogP contribution in [0, 0.1) is 0 Å². The summed E-state index contributed by atoms with van der Waals surface area (Å²) in [6, 6.07) is 11.7. The summed E-state index contributed by atoms with van der Waals surface area (Å²) in [6.07, 6.45) is 0. The highest BCUT2D eigenvalue weighted by Crippen LogP contribution is 2.38. The van der Waals surface area contributed by atoms with Crippen molar-refractivity contribution in [2.45, 2.75) is 13.5 Å². The van der Waals surface area contributed by atoms with E-state index in [2.05, 4.69) is 12.1 Å². The third kappa shape index (κ3) is 4.97. The maximum absolute atomic E-state index is 13.1. The number of amides is 1. The maximum atomic E-state index is 13.1. The van der Waals surface area contributed by atoms with Crippen LogP contribution in [0.3, 0.4) is 0 Å². The lowest BCUT2D eigenvalue weighted by atomic mass is 10.1. The van der Waals surface area contributed by atoms with E-state index in [4.69, 9.17) is 18.9 Å². The molecule has 30 heavy (non-hydrogen) atoms. The largest absolute Gasteiger partial charge is 0.494 e. The first-order valence-electron chi connectivity index (χ1n) is 10.2. The number of nitrogens with zero attached hydrogens (tertiary/aromatic N) is 1. The first-order valence-corrected chi connectivity index (χ1v) is 10.2. The number of quaternary nitrogens is 1. The van der Waals surface area contributed by atoms with E-state index in [1.54, 1.807) is 33.5 Å². The van der Waals surface area contributed by atoms with Gasteiger partial charge in [0, 0.05) is 11.1 Å². The van der Waals surface area contributed by atoms with Gasteiger partial charge in [0.1, 0.15) is 12.3 Å². The Balaban J connectivity index is 1.61. The monoisotopic (exact) mass is 415 g/mol. The lowest BCUT2D eigenvalue weighted by molar-refractivity contribution is -0.917. The number of hydrogen-bond donors (Lipinski definition) is 1. The minimum absolute atomic E-state index is 0.0191. The molecular formula is C23H31N2O5+. The van der Waals surface area contributed by atoms with Crippen LogP contribution >= 0.6 is 0 Å². The Kier molecular flexibility index (Phi) is 7.41. The zero-order valence-electron chi connectivity index (χ0n) is 18.2. The lowest BCUT2D eigenvalue weighted by Crippen LogP contribution is -3.13. The van der Waals surface area contributed by atoms with Crippen LogP contribution in [0.15, 0.2) is 36.4 Å². The van der Waals surface area contributed by atoms with Crippen molar-refractivity contribution in [2.24, 2.45) is 0 Å². The highest BCUT2D eigenvalue weighted by molar-refractivity contribution is 5.95. The van der Waals surface area contributed by atoms with E-state index in [9.17, 15) is 4.79 Å². The van der Waals surface area contributed by atoms with E-state index in [0.29, 0.717) is 42.5 Å². The molecule has 0 atom stereocenters. The van der Waals surface area contributed by atoms with Crippen LogP contribution in [0.1, 0.15) is 22.8 Å². The SMILES string of the molecule is CCOc1ccc(C[NH+]2CCN(C(=O)c3cc(OC)c(OC)c(OC)c3)CC2)cc1. The van der Waals surface area contributed by atoms with Gasteiger partial charge in [-0.15, -0.1) is 0 Å². The summed E-state index contributed by atoms with van der Waals surface area (Å²) < 4.78 is 21.6. The molecule has 7 nitrogen and oxygen atoms in total. The van der Waals surface area contributed by atoms with Gasteiger partial charge in [-0.05, 0) is 43.3 Å². The zero-order valence-corrected chi connectivity index (χ0v) is 18.2. The van der Waals surface area contributed by atoms with Gasteiger partial charge in [0.05, 0.1) is 54.1 Å². The molecule has 2 aromatic rings. The van der Waals surface area contributed by atoms with E-state index in [1.807, 2.05) is 24.0 Å². The summed E-state index contributed by atoms with van der Waals surface area (Å²) in [5.74, 6) is 2.34. The number of hydrogen-bond acceptors (Lipinski definition) is 5. The lowest BCUT2D eigenvalue weighted by Gasteiger charge is -2.32. The Morgan fingerprint density at radius 3 is 2.07 bits per heavy atom. The van der Waals surface area contributed by atoms with Crippen LogP contribution in [0.25, 0.3) is 0 Å². The van der Waals surface area contributed by atoms with Gasteiger partial charge in [-0.2, -0.15) is 0 Å². The summed E-state index contributed by atoms with van der Waals surface area (Å²) in [5, 5.41) is 0. The van der Waals surface area contributed by atoms with E-state index >= 15 is 0 Å². The minimum Gasteiger partial charge on any atom is -0.494 e. The molecule has 3 rings (SSSR count).